The molecule has 1 amide bonds. The average molecular weight is 347 g/mol. The number of amides is 1. The van der Waals surface area contributed by atoms with Crippen molar-refractivity contribution < 1.29 is 22.7 Å². The molecule has 1 aliphatic heterocycles. The molecule has 136 valence electrons. The minimum absolute atomic E-state index is 0.0874. The average Bonchev–Trinajstić information content (AvgIpc) is 3.05. The Balaban J connectivity index is 2.08. The van der Waals surface area contributed by atoms with E-state index in [1.54, 1.807) is 4.90 Å². The lowest BCUT2D eigenvalue weighted by molar-refractivity contribution is -0.147. The normalized spacial score (nSPS) is 21.6. The Morgan fingerprint density at radius 1 is 1.50 bits per heavy atom. The highest BCUT2D eigenvalue weighted by molar-refractivity contribution is 5.81. The monoisotopic (exact) mass is 347 g/mol. The Kier molecular flexibility index (Phi) is 5.90. The summed E-state index contributed by atoms with van der Waals surface area (Å²) in [7, 11) is 1.51. The Morgan fingerprint density at radius 3 is 2.75 bits per heavy atom. The summed E-state index contributed by atoms with van der Waals surface area (Å²) in [4.78, 5) is 14.3. The summed E-state index contributed by atoms with van der Waals surface area (Å²) in [6.07, 6.45) is -1.39. The van der Waals surface area contributed by atoms with Crippen LogP contribution in [0.15, 0.2) is 12.3 Å². The maximum atomic E-state index is 12.7. The van der Waals surface area contributed by atoms with Crippen molar-refractivity contribution in [1.82, 2.24) is 14.7 Å². The molecule has 0 spiro atoms. The summed E-state index contributed by atoms with van der Waals surface area (Å²) in [6.45, 7) is 4.90. The minimum atomic E-state index is -4.45. The summed E-state index contributed by atoms with van der Waals surface area (Å²) < 4.78 is 44.8. The summed E-state index contributed by atoms with van der Waals surface area (Å²) in [5, 5.41) is 3.64. The number of alkyl halides is 3. The molecular formula is C16H24F3N3O2. The van der Waals surface area contributed by atoms with E-state index < -0.39 is 18.0 Å². The maximum Gasteiger partial charge on any atom is 0.435 e. The zero-order valence-corrected chi connectivity index (χ0v) is 14.2. The molecule has 8 heteroatoms. The second-order valence-corrected chi connectivity index (χ2v) is 6.30. The second-order valence-electron chi connectivity index (χ2n) is 6.30. The number of carbonyl (C=O) groups excluding carboxylic acids is 1. The van der Waals surface area contributed by atoms with Crippen LogP contribution in [0.2, 0.25) is 0 Å². The van der Waals surface area contributed by atoms with Gasteiger partial charge < -0.3 is 9.64 Å². The minimum Gasteiger partial charge on any atom is -0.371 e. The standard InChI is InChI=1S/C16H24F3N3O2/c1-4-11(2)14(24-3)15(23)21-8-5-6-12(10-21)22-9-7-13(20-22)16(17,18)19/h7,9,11-12,14H,4-6,8,10H2,1-3H3. The zero-order valence-electron chi connectivity index (χ0n) is 14.2. The lowest BCUT2D eigenvalue weighted by atomic mass is 9.98. The molecule has 24 heavy (non-hydrogen) atoms. The number of piperidine rings is 1. The van der Waals surface area contributed by atoms with Crippen LogP contribution in [0.4, 0.5) is 13.2 Å². The van der Waals surface area contributed by atoms with E-state index in [-0.39, 0.29) is 17.9 Å². The number of halogens is 3. The Morgan fingerprint density at radius 2 is 2.21 bits per heavy atom. The number of aromatic nitrogens is 2. The molecule has 2 heterocycles. The van der Waals surface area contributed by atoms with Gasteiger partial charge in [-0.05, 0) is 24.8 Å². The molecule has 1 aromatic heterocycles. The fourth-order valence-corrected chi connectivity index (χ4v) is 3.03. The van der Waals surface area contributed by atoms with Crippen molar-refractivity contribution in [3.8, 4) is 0 Å². The summed E-state index contributed by atoms with van der Waals surface area (Å²) >= 11 is 0. The molecular weight excluding hydrogens is 323 g/mol. The number of likely N-dealkylation sites (tertiary alicyclic amines) is 1. The number of hydrogen-bond donors (Lipinski definition) is 0. The van der Waals surface area contributed by atoms with Crippen LogP contribution in [0.25, 0.3) is 0 Å². The van der Waals surface area contributed by atoms with Crippen LogP contribution in [0.1, 0.15) is 44.8 Å². The molecule has 0 saturated carbocycles. The van der Waals surface area contributed by atoms with E-state index in [0.717, 1.165) is 18.9 Å². The van der Waals surface area contributed by atoms with E-state index in [9.17, 15) is 18.0 Å². The Hall–Kier alpha value is -1.57. The summed E-state index contributed by atoms with van der Waals surface area (Å²) in [6, 6.07) is 0.728. The Bertz CT molecular complexity index is 559. The van der Waals surface area contributed by atoms with E-state index in [1.807, 2.05) is 13.8 Å². The first-order valence-corrected chi connectivity index (χ1v) is 8.21. The molecule has 0 aromatic carbocycles. The van der Waals surface area contributed by atoms with Gasteiger partial charge in [0.25, 0.3) is 5.91 Å². The van der Waals surface area contributed by atoms with E-state index in [2.05, 4.69) is 5.10 Å². The largest absolute Gasteiger partial charge is 0.435 e. The highest BCUT2D eigenvalue weighted by atomic mass is 19.4. The lowest BCUT2D eigenvalue weighted by Gasteiger charge is -2.35. The first kappa shape index (κ1) is 18.8. The van der Waals surface area contributed by atoms with Gasteiger partial charge in [-0.2, -0.15) is 18.3 Å². The van der Waals surface area contributed by atoms with Gasteiger partial charge in [0.05, 0.1) is 6.04 Å². The molecule has 1 saturated heterocycles. The zero-order chi connectivity index (χ0) is 17.9. The molecule has 0 bridgehead atoms. The van der Waals surface area contributed by atoms with Gasteiger partial charge in [-0.1, -0.05) is 20.3 Å². The number of carbonyl (C=O) groups is 1. The molecule has 1 fully saturated rings. The number of methoxy groups -OCH3 is 1. The topological polar surface area (TPSA) is 47.4 Å². The van der Waals surface area contributed by atoms with E-state index in [4.69, 9.17) is 4.74 Å². The van der Waals surface area contributed by atoms with E-state index in [1.165, 1.54) is 18.0 Å². The highest BCUT2D eigenvalue weighted by Gasteiger charge is 2.36. The molecule has 1 aliphatic rings. The van der Waals surface area contributed by atoms with Crippen LogP contribution in [0.3, 0.4) is 0 Å². The van der Waals surface area contributed by atoms with Gasteiger partial charge >= 0.3 is 6.18 Å². The predicted molar refractivity (Wildman–Crippen MR) is 82.3 cm³/mol. The summed E-state index contributed by atoms with van der Waals surface area (Å²) in [5.41, 5.74) is -0.902. The molecule has 0 aliphatic carbocycles. The van der Waals surface area contributed by atoms with Gasteiger partial charge in [-0.3, -0.25) is 9.48 Å². The molecule has 3 atom stereocenters. The molecule has 1 aromatic rings. The molecule has 0 radical (unpaired) electrons. The van der Waals surface area contributed by atoms with Crippen molar-refractivity contribution >= 4 is 5.91 Å². The van der Waals surface area contributed by atoms with Crippen molar-refractivity contribution in [2.75, 3.05) is 20.2 Å². The number of nitrogens with zero attached hydrogens (tertiary/aromatic N) is 3. The lowest BCUT2D eigenvalue weighted by Crippen LogP contribution is -2.47. The van der Waals surface area contributed by atoms with Gasteiger partial charge in [-0.15, -0.1) is 0 Å². The maximum absolute atomic E-state index is 12.7. The number of rotatable bonds is 5. The third kappa shape index (κ3) is 4.09. The van der Waals surface area contributed by atoms with Crippen LogP contribution in [0.5, 0.6) is 0 Å². The van der Waals surface area contributed by atoms with Crippen molar-refractivity contribution in [1.29, 1.82) is 0 Å². The van der Waals surface area contributed by atoms with Crippen LogP contribution in [-0.2, 0) is 15.7 Å². The van der Waals surface area contributed by atoms with Crippen molar-refractivity contribution in [3.05, 3.63) is 18.0 Å². The van der Waals surface area contributed by atoms with Crippen molar-refractivity contribution in [3.63, 3.8) is 0 Å². The van der Waals surface area contributed by atoms with Crippen LogP contribution in [-0.4, -0.2) is 46.9 Å². The van der Waals surface area contributed by atoms with Gasteiger partial charge in [0, 0.05) is 26.4 Å². The first-order chi connectivity index (χ1) is 11.3. The summed E-state index contributed by atoms with van der Waals surface area (Å²) in [5.74, 6) is -0.0100. The van der Waals surface area contributed by atoms with E-state index >= 15 is 0 Å². The fourth-order valence-electron chi connectivity index (χ4n) is 3.03. The third-order valence-corrected chi connectivity index (χ3v) is 4.64. The molecule has 5 nitrogen and oxygen atoms in total. The van der Waals surface area contributed by atoms with Gasteiger partial charge in [-0.25, -0.2) is 0 Å². The molecule has 2 rings (SSSR count). The van der Waals surface area contributed by atoms with Gasteiger partial charge in [0.15, 0.2) is 5.69 Å². The quantitative estimate of drug-likeness (QED) is 0.822. The molecule has 0 N–H and O–H groups in total. The first-order valence-electron chi connectivity index (χ1n) is 8.21. The van der Waals surface area contributed by atoms with Gasteiger partial charge in [0.2, 0.25) is 0 Å². The third-order valence-electron chi connectivity index (χ3n) is 4.64. The smallest absolute Gasteiger partial charge is 0.371 e. The van der Waals surface area contributed by atoms with Crippen LogP contribution >= 0.6 is 0 Å². The highest BCUT2D eigenvalue weighted by Crippen LogP contribution is 2.29. The SMILES string of the molecule is CCC(C)C(OC)C(=O)N1CCCC(n2ccc(C(F)(F)F)n2)C1. The van der Waals surface area contributed by atoms with E-state index in [0.29, 0.717) is 19.5 Å². The molecule has 3 unspecified atom stereocenters. The Labute approximate surface area is 139 Å². The number of ether oxygens (including phenoxy) is 1. The predicted octanol–water partition coefficient (Wildman–Crippen LogP) is 3.13. The van der Waals surface area contributed by atoms with Crippen LogP contribution in [0, 0.1) is 5.92 Å². The number of hydrogen-bond acceptors (Lipinski definition) is 3. The van der Waals surface area contributed by atoms with Crippen LogP contribution < -0.4 is 0 Å². The second kappa shape index (κ2) is 7.55. The van der Waals surface area contributed by atoms with Crippen molar-refractivity contribution in [2.24, 2.45) is 5.92 Å². The van der Waals surface area contributed by atoms with Gasteiger partial charge in [0.1, 0.15) is 6.10 Å². The van der Waals surface area contributed by atoms with Crippen molar-refractivity contribution in [2.45, 2.75) is 51.4 Å². The fraction of sp³-hybridized carbons (Fsp3) is 0.750.